The van der Waals surface area contributed by atoms with Crippen molar-refractivity contribution in [3.63, 3.8) is 0 Å². The van der Waals surface area contributed by atoms with Gasteiger partial charge in [0.1, 0.15) is 0 Å². The molecule has 1 N–H and O–H groups in total. The Bertz CT molecular complexity index is 548. The van der Waals surface area contributed by atoms with Gasteiger partial charge in [-0.2, -0.15) is 0 Å². The summed E-state index contributed by atoms with van der Waals surface area (Å²) in [7, 11) is 1.71. The van der Waals surface area contributed by atoms with Gasteiger partial charge in [-0.3, -0.25) is 0 Å². The molecule has 19 heavy (non-hydrogen) atoms. The van der Waals surface area contributed by atoms with Crippen molar-refractivity contribution in [2.45, 2.75) is 26.8 Å². The summed E-state index contributed by atoms with van der Waals surface area (Å²) in [5.74, 6) is 0.841. The van der Waals surface area contributed by atoms with E-state index in [-0.39, 0.29) is 6.04 Å². The molecule has 0 spiro atoms. The number of nitrogens with one attached hydrogen (secondary N) is 1. The van der Waals surface area contributed by atoms with Crippen LogP contribution in [-0.4, -0.2) is 23.3 Å². The zero-order chi connectivity index (χ0) is 13.8. The average Bonchev–Trinajstić information content (AvgIpc) is 2.82. The van der Waals surface area contributed by atoms with E-state index < -0.39 is 0 Å². The van der Waals surface area contributed by atoms with Crippen molar-refractivity contribution in [2.24, 2.45) is 0 Å². The van der Waals surface area contributed by atoms with E-state index in [1.807, 2.05) is 6.20 Å². The van der Waals surface area contributed by atoms with Crippen molar-refractivity contribution in [1.82, 2.24) is 9.55 Å². The third-order valence-electron chi connectivity index (χ3n) is 3.31. The van der Waals surface area contributed by atoms with Crippen LogP contribution in [0, 0.1) is 13.8 Å². The summed E-state index contributed by atoms with van der Waals surface area (Å²) in [5.41, 5.74) is 3.62. The summed E-state index contributed by atoms with van der Waals surface area (Å²) in [4.78, 5) is 4.36. The number of benzene rings is 1. The lowest BCUT2D eigenvalue weighted by Gasteiger charge is -2.16. The van der Waals surface area contributed by atoms with Crippen molar-refractivity contribution in [3.05, 3.63) is 41.7 Å². The normalized spacial score (nSPS) is 12.4. The van der Waals surface area contributed by atoms with Gasteiger partial charge in [-0.25, -0.2) is 4.98 Å². The maximum Gasteiger partial charge on any atom is 0.207 e. The van der Waals surface area contributed by atoms with Crippen LogP contribution in [0.1, 0.15) is 24.1 Å². The lowest BCUT2D eigenvalue weighted by atomic mass is 10.1. The molecule has 4 nitrogen and oxygen atoms in total. The lowest BCUT2D eigenvalue weighted by Crippen LogP contribution is -2.12. The highest BCUT2D eigenvalue weighted by molar-refractivity contribution is 5.56. The van der Waals surface area contributed by atoms with E-state index in [1.54, 1.807) is 13.3 Å². The molecular formula is C15H21N3O. The fourth-order valence-corrected chi connectivity index (χ4v) is 2.04. The van der Waals surface area contributed by atoms with E-state index in [0.29, 0.717) is 6.61 Å². The first kappa shape index (κ1) is 13.6. The van der Waals surface area contributed by atoms with Gasteiger partial charge in [-0.05, 0) is 44.0 Å². The van der Waals surface area contributed by atoms with Gasteiger partial charge in [0, 0.05) is 25.2 Å². The third-order valence-corrected chi connectivity index (χ3v) is 3.31. The Labute approximate surface area is 114 Å². The molecule has 1 atom stereocenters. The highest BCUT2D eigenvalue weighted by atomic mass is 16.5. The van der Waals surface area contributed by atoms with Crippen LogP contribution in [-0.2, 0) is 4.74 Å². The first-order valence-corrected chi connectivity index (χ1v) is 6.48. The van der Waals surface area contributed by atoms with Crippen LogP contribution < -0.4 is 5.32 Å². The van der Waals surface area contributed by atoms with Crippen molar-refractivity contribution in [2.75, 3.05) is 19.0 Å². The molecule has 0 radical (unpaired) electrons. The number of hydrogen-bond donors (Lipinski definition) is 1. The van der Waals surface area contributed by atoms with Crippen LogP contribution in [0.25, 0.3) is 0 Å². The summed E-state index contributed by atoms with van der Waals surface area (Å²) in [6.07, 6.45) is 3.77. The minimum atomic E-state index is 0.251. The summed E-state index contributed by atoms with van der Waals surface area (Å²) in [6.45, 7) is 7.00. The Morgan fingerprint density at radius 1 is 1.32 bits per heavy atom. The van der Waals surface area contributed by atoms with E-state index in [4.69, 9.17) is 4.74 Å². The second-order valence-electron chi connectivity index (χ2n) is 4.89. The van der Waals surface area contributed by atoms with Crippen molar-refractivity contribution in [1.29, 1.82) is 0 Å². The minimum Gasteiger partial charge on any atom is -0.383 e. The molecule has 4 heteroatoms. The van der Waals surface area contributed by atoms with Gasteiger partial charge in [-0.1, -0.05) is 6.07 Å². The third kappa shape index (κ3) is 3.15. The zero-order valence-corrected chi connectivity index (χ0v) is 12.0. The van der Waals surface area contributed by atoms with E-state index >= 15 is 0 Å². The molecular weight excluding hydrogens is 238 g/mol. The van der Waals surface area contributed by atoms with Gasteiger partial charge in [0.15, 0.2) is 0 Å². The van der Waals surface area contributed by atoms with Gasteiger partial charge in [-0.15, -0.1) is 0 Å². The van der Waals surface area contributed by atoms with E-state index in [0.717, 1.165) is 11.6 Å². The first-order chi connectivity index (χ1) is 9.11. The van der Waals surface area contributed by atoms with Crippen molar-refractivity contribution < 1.29 is 4.74 Å². The van der Waals surface area contributed by atoms with Gasteiger partial charge in [0.2, 0.25) is 5.95 Å². The van der Waals surface area contributed by atoms with Gasteiger partial charge < -0.3 is 14.6 Å². The molecule has 1 unspecified atom stereocenters. The number of anilines is 2. The molecule has 0 aliphatic heterocycles. The fraction of sp³-hybridized carbons (Fsp3) is 0.400. The Balaban J connectivity index is 2.19. The van der Waals surface area contributed by atoms with Gasteiger partial charge in [0.25, 0.3) is 0 Å². The summed E-state index contributed by atoms with van der Waals surface area (Å²) >= 11 is 0. The predicted molar refractivity (Wildman–Crippen MR) is 78.0 cm³/mol. The maximum absolute atomic E-state index is 5.19. The Kier molecular flexibility index (Phi) is 4.22. The van der Waals surface area contributed by atoms with Crippen molar-refractivity contribution in [3.8, 4) is 0 Å². The molecule has 2 aromatic rings. The fourth-order valence-electron chi connectivity index (χ4n) is 2.04. The van der Waals surface area contributed by atoms with E-state index in [2.05, 4.69) is 53.8 Å². The minimum absolute atomic E-state index is 0.251. The number of rotatable bonds is 5. The smallest absolute Gasteiger partial charge is 0.207 e. The predicted octanol–water partition coefficient (Wildman–Crippen LogP) is 3.45. The standard InChI is InChI=1S/C15H21N3O/c1-11-5-6-14(9-12(11)2)17-15-16-7-8-18(15)13(3)10-19-4/h5-9,13H,10H2,1-4H3,(H,16,17). The molecule has 0 saturated carbocycles. The number of imidazole rings is 1. The molecule has 0 fully saturated rings. The van der Waals surface area contributed by atoms with Crippen LogP contribution in [0.2, 0.25) is 0 Å². The lowest BCUT2D eigenvalue weighted by molar-refractivity contribution is 0.163. The number of methoxy groups -OCH3 is 1. The Morgan fingerprint density at radius 3 is 2.79 bits per heavy atom. The summed E-state index contributed by atoms with van der Waals surface area (Å²) in [6, 6.07) is 6.57. The zero-order valence-electron chi connectivity index (χ0n) is 12.0. The summed E-state index contributed by atoms with van der Waals surface area (Å²) < 4.78 is 7.27. The van der Waals surface area contributed by atoms with Crippen LogP contribution in [0.4, 0.5) is 11.6 Å². The quantitative estimate of drug-likeness (QED) is 0.894. The largest absolute Gasteiger partial charge is 0.383 e. The second-order valence-corrected chi connectivity index (χ2v) is 4.89. The highest BCUT2D eigenvalue weighted by Gasteiger charge is 2.10. The van der Waals surface area contributed by atoms with Crippen LogP contribution in [0.3, 0.4) is 0 Å². The monoisotopic (exact) mass is 259 g/mol. The number of aryl methyl sites for hydroxylation is 2. The van der Waals surface area contributed by atoms with E-state index in [1.165, 1.54) is 11.1 Å². The molecule has 0 aliphatic rings. The maximum atomic E-state index is 5.19. The molecule has 0 amide bonds. The Morgan fingerprint density at radius 2 is 2.11 bits per heavy atom. The number of ether oxygens (including phenoxy) is 1. The van der Waals surface area contributed by atoms with Crippen LogP contribution in [0.15, 0.2) is 30.6 Å². The van der Waals surface area contributed by atoms with Gasteiger partial charge >= 0.3 is 0 Å². The van der Waals surface area contributed by atoms with Gasteiger partial charge in [0.05, 0.1) is 12.6 Å². The molecule has 2 rings (SSSR count). The second kappa shape index (κ2) is 5.89. The first-order valence-electron chi connectivity index (χ1n) is 6.48. The SMILES string of the molecule is COCC(C)n1ccnc1Nc1ccc(C)c(C)c1. The molecule has 102 valence electrons. The topological polar surface area (TPSA) is 39.1 Å². The van der Waals surface area contributed by atoms with E-state index in [9.17, 15) is 0 Å². The molecule has 0 aliphatic carbocycles. The molecule has 0 bridgehead atoms. The molecule has 1 aromatic heterocycles. The highest BCUT2D eigenvalue weighted by Crippen LogP contribution is 2.21. The average molecular weight is 259 g/mol. The number of hydrogen-bond acceptors (Lipinski definition) is 3. The molecule has 1 aromatic carbocycles. The summed E-state index contributed by atoms with van der Waals surface area (Å²) in [5, 5.41) is 3.36. The van der Waals surface area contributed by atoms with Crippen molar-refractivity contribution >= 4 is 11.6 Å². The number of nitrogens with zero attached hydrogens (tertiary/aromatic N) is 2. The number of aromatic nitrogens is 2. The molecule has 1 heterocycles. The molecule has 0 saturated heterocycles. The van der Waals surface area contributed by atoms with Crippen LogP contribution >= 0.6 is 0 Å². The Hall–Kier alpha value is -1.81. The van der Waals surface area contributed by atoms with Crippen LogP contribution in [0.5, 0.6) is 0 Å².